The summed E-state index contributed by atoms with van der Waals surface area (Å²) in [5, 5.41) is 0.692. The monoisotopic (exact) mass is 320 g/mol. The van der Waals surface area contributed by atoms with E-state index in [1.165, 1.54) is 25.7 Å². The van der Waals surface area contributed by atoms with E-state index in [9.17, 15) is 4.79 Å². The fraction of sp³-hybridized carbons (Fsp3) is 0.611. The van der Waals surface area contributed by atoms with Crippen molar-refractivity contribution >= 4 is 17.5 Å². The Morgan fingerprint density at radius 2 is 1.86 bits per heavy atom. The third-order valence-electron chi connectivity index (χ3n) is 5.08. The summed E-state index contributed by atoms with van der Waals surface area (Å²) in [7, 11) is 0. The SMILES string of the molecule is Cc1cc(Cl)ccc1C(=O)N1CCCN(C2CCCC2)CC1. The number of hydrogen-bond acceptors (Lipinski definition) is 2. The van der Waals surface area contributed by atoms with Gasteiger partial charge >= 0.3 is 0 Å². The summed E-state index contributed by atoms with van der Waals surface area (Å²) < 4.78 is 0. The second-order valence-corrected chi connectivity index (χ2v) is 7.02. The zero-order valence-corrected chi connectivity index (χ0v) is 14.1. The zero-order valence-electron chi connectivity index (χ0n) is 13.4. The molecular weight excluding hydrogens is 296 g/mol. The van der Waals surface area contributed by atoms with Crippen LogP contribution in [0, 0.1) is 6.92 Å². The van der Waals surface area contributed by atoms with E-state index in [1.807, 2.05) is 30.0 Å². The predicted molar refractivity (Wildman–Crippen MR) is 90.5 cm³/mol. The van der Waals surface area contributed by atoms with E-state index in [0.29, 0.717) is 5.02 Å². The molecule has 1 aliphatic heterocycles. The minimum absolute atomic E-state index is 0.155. The van der Waals surface area contributed by atoms with Gasteiger partial charge < -0.3 is 4.90 Å². The molecule has 1 saturated heterocycles. The molecule has 3 nitrogen and oxygen atoms in total. The molecule has 1 saturated carbocycles. The van der Waals surface area contributed by atoms with E-state index in [1.54, 1.807) is 0 Å². The lowest BCUT2D eigenvalue weighted by molar-refractivity contribution is 0.0757. The van der Waals surface area contributed by atoms with Crippen molar-refractivity contribution in [2.24, 2.45) is 0 Å². The van der Waals surface area contributed by atoms with Crippen LogP contribution in [0.15, 0.2) is 18.2 Å². The molecule has 2 fully saturated rings. The molecule has 1 aromatic carbocycles. The molecule has 0 N–H and O–H groups in total. The van der Waals surface area contributed by atoms with Gasteiger partial charge in [-0.1, -0.05) is 24.4 Å². The van der Waals surface area contributed by atoms with E-state index in [-0.39, 0.29) is 5.91 Å². The van der Waals surface area contributed by atoms with Crippen molar-refractivity contribution in [1.82, 2.24) is 9.80 Å². The summed E-state index contributed by atoms with van der Waals surface area (Å²) in [6.45, 7) is 5.82. The van der Waals surface area contributed by atoms with Crippen molar-refractivity contribution in [3.63, 3.8) is 0 Å². The number of nitrogens with zero attached hydrogens (tertiary/aromatic N) is 2. The van der Waals surface area contributed by atoms with Crippen LogP contribution in [0.3, 0.4) is 0 Å². The molecule has 0 aromatic heterocycles. The van der Waals surface area contributed by atoms with Gasteiger partial charge in [0.1, 0.15) is 0 Å². The Labute approximate surface area is 138 Å². The molecule has 1 heterocycles. The van der Waals surface area contributed by atoms with Crippen LogP contribution in [0.1, 0.15) is 48.0 Å². The second-order valence-electron chi connectivity index (χ2n) is 6.58. The summed E-state index contributed by atoms with van der Waals surface area (Å²) in [5.41, 5.74) is 1.76. The molecule has 0 unspecified atom stereocenters. The third kappa shape index (κ3) is 3.47. The smallest absolute Gasteiger partial charge is 0.254 e. The Hall–Kier alpha value is -1.06. The van der Waals surface area contributed by atoms with E-state index in [0.717, 1.165) is 49.8 Å². The highest BCUT2D eigenvalue weighted by Crippen LogP contribution is 2.25. The van der Waals surface area contributed by atoms with Gasteiger partial charge in [-0.3, -0.25) is 9.69 Å². The van der Waals surface area contributed by atoms with Crippen molar-refractivity contribution in [3.8, 4) is 0 Å². The fourth-order valence-corrected chi connectivity index (χ4v) is 4.04. The van der Waals surface area contributed by atoms with Crippen molar-refractivity contribution in [2.45, 2.75) is 45.1 Å². The average molecular weight is 321 g/mol. The molecule has 0 bridgehead atoms. The van der Waals surface area contributed by atoms with Crippen molar-refractivity contribution in [2.75, 3.05) is 26.2 Å². The van der Waals surface area contributed by atoms with Crippen LogP contribution in [-0.4, -0.2) is 47.9 Å². The summed E-state index contributed by atoms with van der Waals surface area (Å²) in [5.74, 6) is 0.155. The van der Waals surface area contributed by atoms with E-state index >= 15 is 0 Å². The quantitative estimate of drug-likeness (QED) is 0.828. The number of rotatable bonds is 2. The first kappa shape index (κ1) is 15.8. The molecule has 1 amide bonds. The first-order valence-corrected chi connectivity index (χ1v) is 8.82. The maximum Gasteiger partial charge on any atom is 0.254 e. The molecule has 4 heteroatoms. The Kier molecular flexibility index (Phi) is 5.04. The number of carbonyl (C=O) groups excluding carboxylic acids is 1. The maximum atomic E-state index is 12.8. The highest BCUT2D eigenvalue weighted by atomic mass is 35.5. The van der Waals surface area contributed by atoms with Gasteiger partial charge in [0.05, 0.1) is 0 Å². The van der Waals surface area contributed by atoms with E-state index in [2.05, 4.69) is 4.90 Å². The molecule has 0 atom stereocenters. The van der Waals surface area contributed by atoms with Crippen LogP contribution in [-0.2, 0) is 0 Å². The summed E-state index contributed by atoms with van der Waals surface area (Å²) >= 11 is 5.99. The Morgan fingerprint density at radius 1 is 1.09 bits per heavy atom. The van der Waals surface area contributed by atoms with Gasteiger partial charge in [0.15, 0.2) is 0 Å². The number of carbonyl (C=O) groups is 1. The molecule has 2 aliphatic rings. The molecule has 0 spiro atoms. The van der Waals surface area contributed by atoms with Gasteiger partial charge in [-0.25, -0.2) is 0 Å². The predicted octanol–water partition coefficient (Wildman–Crippen LogP) is 3.74. The fourth-order valence-electron chi connectivity index (χ4n) is 3.81. The maximum absolute atomic E-state index is 12.8. The number of halogens is 1. The Bertz CT molecular complexity index is 540. The van der Waals surface area contributed by atoms with E-state index < -0.39 is 0 Å². The first-order valence-electron chi connectivity index (χ1n) is 8.44. The minimum Gasteiger partial charge on any atom is -0.337 e. The van der Waals surface area contributed by atoms with Crippen LogP contribution in [0.2, 0.25) is 5.02 Å². The Balaban J connectivity index is 1.66. The number of amides is 1. The largest absolute Gasteiger partial charge is 0.337 e. The van der Waals surface area contributed by atoms with Crippen LogP contribution in [0.4, 0.5) is 0 Å². The molecule has 1 aromatic rings. The average Bonchev–Trinajstić information content (AvgIpc) is 2.91. The van der Waals surface area contributed by atoms with Gasteiger partial charge in [-0.2, -0.15) is 0 Å². The van der Waals surface area contributed by atoms with Gasteiger partial charge in [-0.15, -0.1) is 0 Å². The normalized spacial score (nSPS) is 21.1. The zero-order chi connectivity index (χ0) is 15.5. The minimum atomic E-state index is 0.155. The van der Waals surface area contributed by atoms with Crippen molar-refractivity contribution < 1.29 is 4.79 Å². The Morgan fingerprint density at radius 3 is 2.59 bits per heavy atom. The number of aryl methyl sites for hydroxylation is 1. The van der Waals surface area contributed by atoms with Gasteiger partial charge in [0, 0.05) is 42.8 Å². The highest BCUT2D eigenvalue weighted by molar-refractivity contribution is 6.30. The summed E-state index contributed by atoms with van der Waals surface area (Å²) in [6, 6.07) is 6.30. The van der Waals surface area contributed by atoms with Crippen LogP contribution in [0.25, 0.3) is 0 Å². The van der Waals surface area contributed by atoms with Crippen LogP contribution >= 0.6 is 11.6 Å². The second kappa shape index (κ2) is 7.01. The summed E-state index contributed by atoms with van der Waals surface area (Å²) in [6.07, 6.45) is 6.49. The number of benzene rings is 1. The van der Waals surface area contributed by atoms with Crippen molar-refractivity contribution in [3.05, 3.63) is 34.3 Å². The number of hydrogen-bond donors (Lipinski definition) is 0. The highest BCUT2D eigenvalue weighted by Gasteiger charge is 2.26. The topological polar surface area (TPSA) is 23.6 Å². The molecule has 1 aliphatic carbocycles. The van der Waals surface area contributed by atoms with Gasteiger partial charge in [0.25, 0.3) is 5.91 Å². The lowest BCUT2D eigenvalue weighted by Gasteiger charge is -2.27. The first-order chi connectivity index (χ1) is 10.6. The standard InChI is InChI=1S/C18H25ClN2O/c1-14-13-15(19)7-8-17(14)18(22)21-10-4-9-20(11-12-21)16-5-2-3-6-16/h7-8,13,16H,2-6,9-12H2,1H3. The van der Waals surface area contributed by atoms with Crippen LogP contribution < -0.4 is 0 Å². The molecule has 120 valence electrons. The van der Waals surface area contributed by atoms with Gasteiger partial charge in [-0.05, 0) is 49.9 Å². The van der Waals surface area contributed by atoms with Crippen LogP contribution in [0.5, 0.6) is 0 Å². The molecule has 0 radical (unpaired) electrons. The molecular formula is C18H25ClN2O. The molecule has 3 rings (SSSR count). The van der Waals surface area contributed by atoms with E-state index in [4.69, 9.17) is 11.6 Å². The van der Waals surface area contributed by atoms with Crippen molar-refractivity contribution in [1.29, 1.82) is 0 Å². The summed E-state index contributed by atoms with van der Waals surface area (Å²) in [4.78, 5) is 17.4. The third-order valence-corrected chi connectivity index (χ3v) is 5.31. The lowest BCUT2D eigenvalue weighted by Crippen LogP contribution is -2.38. The lowest BCUT2D eigenvalue weighted by atomic mass is 10.1. The van der Waals surface area contributed by atoms with Gasteiger partial charge in [0.2, 0.25) is 0 Å². The molecule has 22 heavy (non-hydrogen) atoms.